The Balaban J connectivity index is 2.35. The van der Waals surface area contributed by atoms with E-state index in [0.717, 1.165) is 4.31 Å². The van der Waals surface area contributed by atoms with Crippen LogP contribution in [-0.4, -0.2) is 20.6 Å². The number of anilines is 1. The Bertz CT molecular complexity index is 681. The Hall–Kier alpha value is -1.92. The zero-order chi connectivity index (χ0) is 14.8. The Kier molecular flexibility index (Phi) is 4.06. The Morgan fingerprint density at radius 3 is 2.10 bits per heavy atom. The van der Waals surface area contributed by atoms with Crippen molar-refractivity contribution in [2.24, 2.45) is 0 Å². The van der Waals surface area contributed by atoms with Gasteiger partial charge in [0.2, 0.25) is 0 Å². The summed E-state index contributed by atoms with van der Waals surface area (Å²) >= 11 is 0. The van der Waals surface area contributed by atoms with Gasteiger partial charge in [-0.25, -0.2) is 12.8 Å². The fourth-order valence-electron chi connectivity index (χ4n) is 1.71. The van der Waals surface area contributed by atoms with Gasteiger partial charge in [-0.05, 0) is 42.0 Å². The Morgan fingerprint density at radius 2 is 1.60 bits per heavy atom. The van der Waals surface area contributed by atoms with E-state index in [1.54, 1.807) is 12.1 Å². The molecule has 0 unspecified atom stereocenters. The van der Waals surface area contributed by atoms with Crippen LogP contribution in [0, 0.1) is 5.82 Å². The summed E-state index contributed by atoms with van der Waals surface area (Å²) in [5, 5.41) is 8.95. The van der Waals surface area contributed by atoms with Gasteiger partial charge in [0.05, 0.1) is 17.2 Å². The number of sulfonamides is 1. The van der Waals surface area contributed by atoms with E-state index in [-0.39, 0.29) is 11.5 Å². The summed E-state index contributed by atoms with van der Waals surface area (Å²) in [6.07, 6.45) is 0. The number of rotatable bonds is 4. The number of benzene rings is 2. The summed E-state index contributed by atoms with van der Waals surface area (Å²) in [5.74, 6) is -0.424. The molecule has 0 radical (unpaired) electrons. The van der Waals surface area contributed by atoms with Crippen molar-refractivity contribution in [2.45, 2.75) is 11.5 Å². The number of aliphatic hydroxyl groups excluding tert-OH is 1. The number of nitrogens with zero attached hydrogens (tertiary/aromatic N) is 1. The number of halogens is 1. The summed E-state index contributed by atoms with van der Waals surface area (Å²) in [6, 6.07) is 11.2. The summed E-state index contributed by atoms with van der Waals surface area (Å²) in [6.45, 7) is -0.145. The highest BCUT2D eigenvalue weighted by Crippen LogP contribution is 2.22. The summed E-state index contributed by atoms with van der Waals surface area (Å²) in [7, 11) is -2.30. The van der Waals surface area contributed by atoms with Gasteiger partial charge in [-0.1, -0.05) is 12.1 Å². The molecule has 0 heterocycles. The van der Waals surface area contributed by atoms with E-state index >= 15 is 0 Å². The quantitative estimate of drug-likeness (QED) is 0.940. The third kappa shape index (κ3) is 2.81. The molecule has 0 aliphatic carbocycles. The molecular formula is C14H14FNO3S. The third-order valence-electron chi connectivity index (χ3n) is 2.95. The van der Waals surface area contributed by atoms with Crippen LogP contribution in [0.2, 0.25) is 0 Å². The molecule has 2 rings (SSSR count). The van der Waals surface area contributed by atoms with Gasteiger partial charge in [0.1, 0.15) is 5.82 Å². The van der Waals surface area contributed by atoms with Crippen molar-refractivity contribution in [1.29, 1.82) is 0 Å². The largest absolute Gasteiger partial charge is 0.392 e. The second-order valence-corrected chi connectivity index (χ2v) is 6.22. The molecule has 0 fully saturated rings. The van der Waals surface area contributed by atoms with Gasteiger partial charge in [-0.2, -0.15) is 0 Å². The second kappa shape index (κ2) is 5.60. The molecule has 1 N–H and O–H groups in total. The maximum Gasteiger partial charge on any atom is 0.264 e. The maximum atomic E-state index is 12.9. The van der Waals surface area contributed by atoms with Gasteiger partial charge in [-0.15, -0.1) is 0 Å². The maximum absolute atomic E-state index is 12.9. The van der Waals surface area contributed by atoms with Gasteiger partial charge in [0.15, 0.2) is 0 Å². The molecule has 0 amide bonds. The zero-order valence-corrected chi connectivity index (χ0v) is 11.6. The topological polar surface area (TPSA) is 57.6 Å². The van der Waals surface area contributed by atoms with Gasteiger partial charge in [-0.3, -0.25) is 4.31 Å². The lowest BCUT2D eigenvalue weighted by Gasteiger charge is -2.19. The highest BCUT2D eigenvalue weighted by Gasteiger charge is 2.21. The lowest BCUT2D eigenvalue weighted by atomic mass is 10.2. The third-order valence-corrected chi connectivity index (χ3v) is 4.75. The lowest BCUT2D eigenvalue weighted by Crippen LogP contribution is -2.26. The van der Waals surface area contributed by atoms with Crippen molar-refractivity contribution in [3.63, 3.8) is 0 Å². The first-order chi connectivity index (χ1) is 9.45. The predicted octanol–water partition coefficient (Wildman–Crippen LogP) is 2.14. The van der Waals surface area contributed by atoms with Crippen LogP contribution in [0.15, 0.2) is 53.4 Å². The smallest absolute Gasteiger partial charge is 0.264 e. The molecule has 2 aromatic rings. The second-order valence-electron chi connectivity index (χ2n) is 4.25. The molecule has 0 saturated heterocycles. The molecule has 0 saturated carbocycles. The van der Waals surface area contributed by atoms with Crippen molar-refractivity contribution < 1.29 is 17.9 Å². The summed E-state index contributed by atoms with van der Waals surface area (Å²) in [4.78, 5) is 0.113. The minimum absolute atomic E-state index is 0.113. The first kappa shape index (κ1) is 14.5. The molecule has 4 nitrogen and oxygen atoms in total. The molecule has 20 heavy (non-hydrogen) atoms. The van der Waals surface area contributed by atoms with Crippen molar-refractivity contribution in [2.75, 3.05) is 11.4 Å². The van der Waals surface area contributed by atoms with E-state index in [1.807, 2.05) is 0 Å². The fraction of sp³-hybridized carbons (Fsp3) is 0.143. The summed E-state index contributed by atoms with van der Waals surface area (Å²) < 4.78 is 38.7. The molecule has 6 heteroatoms. The number of hydrogen-bond donors (Lipinski definition) is 1. The average molecular weight is 295 g/mol. The van der Waals surface area contributed by atoms with Crippen LogP contribution in [0.5, 0.6) is 0 Å². The van der Waals surface area contributed by atoms with Crippen molar-refractivity contribution in [3.8, 4) is 0 Å². The van der Waals surface area contributed by atoms with Gasteiger partial charge in [0, 0.05) is 7.05 Å². The Morgan fingerprint density at radius 1 is 1.05 bits per heavy atom. The molecule has 0 aliphatic rings. The van der Waals surface area contributed by atoms with Gasteiger partial charge < -0.3 is 5.11 Å². The normalized spacial score (nSPS) is 11.3. The van der Waals surface area contributed by atoms with E-state index in [2.05, 4.69) is 0 Å². The molecule has 0 atom stereocenters. The SMILES string of the molecule is CN(c1ccc(F)cc1)S(=O)(=O)c1ccc(CO)cc1. The standard InChI is InChI=1S/C14H14FNO3S/c1-16(13-6-4-12(15)5-7-13)20(18,19)14-8-2-11(10-17)3-9-14/h2-9,17H,10H2,1H3. The lowest BCUT2D eigenvalue weighted by molar-refractivity contribution is 0.282. The van der Waals surface area contributed by atoms with Crippen LogP contribution < -0.4 is 4.31 Å². The van der Waals surface area contributed by atoms with Crippen LogP contribution in [0.25, 0.3) is 0 Å². The van der Waals surface area contributed by atoms with Crippen molar-refractivity contribution in [3.05, 3.63) is 59.9 Å². The number of hydrogen-bond acceptors (Lipinski definition) is 3. The molecule has 0 spiro atoms. The predicted molar refractivity (Wildman–Crippen MR) is 74.4 cm³/mol. The molecular weight excluding hydrogens is 281 g/mol. The first-order valence-corrected chi connectivity index (χ1v) is 7.33. The van der Waals surface area contributed by atoms with E-state index in [1.165, 1.54) is 43.4 Å². The zero-order valence-electron chi connectivity index (χ0n) is 10.8. The minimum Gasteiger partial charge on any atom is -0.392 e. The monoisotopic (exact) mass is 295 g/mol. The van der Waals surface area contributed by atoms with Gasteiger partial charge >= 0.3 is 0 Å². The minimum atomic E-state index is -3.70. The highest BCUT2D eigenvalue weighted by molar-refractivity contribution is 7.92. The molecule has 0 aromatic heterocycles. The van der Waals surface area contributed by atoms with Crippen LogP contribution >= 0.6 is 0 Å². The van der Waals surface area contributed by atoms with Crippen LogP contribution in [0.4, 0.5) is 10.1 Å². The van der Waals surface area contributed by atoms with E-state index in [9.17, 15) is 12.8 Å². The van der Waals surface area contributed by atoms with Crippen LogP contribution in [-0.2, 0) is 16.6 Å². The van der Waals surface area contributed by atoms with Crippen LogP contribution in [0.1, 0.15) is 5.56 Å². The van der Waals surface area contributed by atoms with E-state index in [0.29, 0.717) is 11.3 Å². The number of aliphatic hydroxyl groups is 1. The van der Waals surface area contributed by atoms with Crippen molar-refractivity contribution >= 4 is 15.7 Å². The highest BCUT2D eigenvalue weighted by atomic mass is 32.2. The van der Waals surface area contributed by atoms with Crippen LogP contribution in [0.3, 0.4) is 0 Å². The first-order valence-electron chi connectivity index (χ1n) is 5.89. The molecule has 0 aliphatic heterocycles. The van der Waals surface area contributed by atoms with Crippen molar-refractivity contribution in [1.82, 2.24) is 0 Å². The molecule has 2 aromatic carbocycles. The fourth-order valence-corrected chi connectivity index (χ4v) is 2.91. The van der Waals surface area contributed by atoms with Gasteiger partial charge in [0.25, 0.3) is 10.0 Å². The molecule has 0 bridgehead atoms. The van der Waals surface area contributed by atoms with E-state index < -0.39 is 15.8 Å². The Labute approximate surface area is 117 Å². The van der Waals surface area contributed by atoms with E-state index in [4.69, 9.17) is 5.11 Å². The summed E-state index contributed by atoms with van der Waals surface area (Å²) in [5.41, 5.74) is 1.01. The molecule has 106 valence electrons. The average Bonchev–Trinajstić information content (AvgIpc) is 2.47.